The summed E-state index contributed by atoms with van der Waals surface area (Å²) >= 11 is 1.44. The molecule has 2 aromatic heterocycles. The number of ether oxygens (including phenoxy) is 1. The van der Waals surface area contributed by atoms with Gasteiger partial charge in [0, 0.05) is 28.9 Å². The molecule has 6 nitrogen and oxygen atoms in total. The van der Waals surface area contributed by atoms with Crippen LogP contribution in [0.1, 0.15) is 49.4 Å². The molecule has 0 spiro atoms. The number of carbonyl (C=O) groups is 2. The Bertz CT molecular complexity index is 1110. The van der Waals surface area contributed by atoms with Crippen LogP contribution in [0.2, 0.25) is 0 Å². The molecule has 3 heterocycles. The number of aryl methyl sites for hydroxylation is 2. The van der Waals surface area contributed by atoms with Crippen LogP contribution in [0.25, 0.3) is 11.0 Å². The Kier molecular flexibility index (Phi) is 5.19. The zero-order valence-corrected chi connectivity index (χ0v) is 17.9. The van der Waals surface area contributed by atoms with Gasteiger partial charge in [0.1, 0.15) is 10.6 Å². The van der Waals surface area contributed by atoms with E-state index in [-0.39, 0.29) is 17.6 Å². The minimum absolute atomic E-state index is 0.267. The molecule has 3 aromatic rings. The smallest absolute Gasteiger partial charge is 0.341 e. The summed E-state index contributed by atoms with van der Waals surface area (Å²) in [6, 6.07) is 5.84. The van der Waals surface area contributed by atoms with Crippen LogP contribution in [0.15, 0.2) is 22.6 Å². The Labute approximate surface area is 173 Å². The van der Waals surface area contributed by atoms with Gasteiger partial charge in [-0.3, -0.25) is 4.79 Å². The topological polar surface area (TPSA) is 71.8 Å². The monoisotopic (exact) mass is 412 g/mol. The number of hydrogen-bond donors (Lipinski definition) is 1. The Morgan fingerprint density at radius 2 is 2.10 bits per heavy atom. The molecule has 0 aliphatic carbocycles. The molecule has 0 fully saturated rings. The molecule has 0 saturated carbocycles. The second-order valence-corrected chi connectivity index (χ2v) is 8.53. The summed E-state index contributed by atoms with van der Waals surface area (Å²) in [4.78, 5) is 29.0. The second kappa shape index (κ2) is 7.65. The number of esters is 1. The summed E-state index contributed by atoms with van der Waals surface area (Å²) in [6.45, 7) is 7.57. The van der Waals surface area contributed by atoms with Crippen LogP contribution in [-0.4, -0.2) is 37.0 Å². The molecule has 4 rings (SSSR count). The number of carbonyl (C=O) groups excluding carboxylic acids is 2. The average Bonchev–Trinajstić information content (AvgIpc) is 3.19. The molecule has 29 heavy (non-hydrogen) atoms. The number of fused-ring (bicyclic) bond motifs is 2. The van der Waals surface area contributed by atoms with Crippen LogP contribution in [0.3, 0.4) is 0 Å². The largest absolute Gasteiger partial charge is 0.462 e. The molecule has 1 aliphatic rings. The lowest BCUT2D eigenvalue weighted by molar-refractivity contribution is 0.0526. The van der Waals surface area contributed by atoms with Gasteiger partial charge in [0.05, 0.1) is 12.2 Å². The number of nitrogens with zero attached hydrogens (tertiary/aromatic N) is 1. The normalized spacial score (nSPS) is 14.1. The van der Waals surface area contributed by atoms with Gasteiger partial charge >= 0.3 is 5.97 Å². The van der Waals surface area contributed by atoms with Crippen LogP contribution >= 0.6 is 11.3 Å². The standard InChI is InChI=1S/C22H24N2O4S/c1-5-27-22(26)18-14-8-9-24(4)11-17(14)29-21(18)23-20(25)19-13(3)15-10-12(2)6-7-16(15)28-19/h6-7,10H,5,8-9,11H2,1-4H3,(H,23,25). The first-order valence-corrected chi connectivity index (χ1v) is 10.5. The molecular weight excluding hydrogens is 388 g/mol. The first-order chi connectivity index (χ1) is 13.9. The highest BCUT2D eigenvalue weighted by molar-refractivity contribution is 7.17. The minimum Gasteiger partial charge on any atom is -0.462 e. The molecule has 1 aliphatic heterocycles. The van der Waals surface area contributed by atoms with Crippen molar-refractivity contribution in [3.8, 4) is 0 Å². The summed E-state index contributed by atoms with van der Waals surface area (Å²) in [7, 11) is 2.05. The Morgan fingerprint density at radius 1 is 1.31 bits per heavy atom. The van der Waals surface area contributed by atoms with Crippen LogP contribution in [0, 0.1) is 13.8 Å². The van der Waals surface area contributed by atoms with E-state index in [1.165, 1.54) is 11.3 Å². The molecule has 0 unspecified atom stereocenters. The molecule has 0 radical (unpaired) electrons. The first-order valence-electron chi connectivity index (χ1n) is 9.70. The van der Waals surface area contributed by atoms with Gasteiger partial charge < -0.3 is 19.4 Å². The minimum atomic E-state index is -0.387. The number of benzene rings is 1. The average molecular weight is 413 g/mol. The van der Waals surface area contributed by atoms with Crippen molar-refractivity contribution in [1.82, 2.24) is 4.90 Å². The number of furan rings is 1. The molecule has 0 atom stereocenters. The number of hydrogen-bond acceptors (Lipinski definition) is 6. The van der Waals surface area contributed by atoms with Crippen molar-refractivity contribution in [2.24, 2.45) is 0 Å². The lowest BCUT2D eigenvalue weighted by atomic mass is 10.0. The van der Waals surface area contributed by atoms with E-state index in [9.17, 15) is 9.59 Å². The Morgan fingerprint density at radius 3 is 2.86 bits per heavy atom. The lowest BCUT2D eigenvalue weighted by Gasteiger charge is -2.22. The van der Waals surface area contributed by atoms with E-state index in [0.717, 1.165) is 46.5 Å². The van der Waals surface area contributed by atoms with Crippen molar-refractivity contribution in [3.63, 3.8) is 0 Å². The fraction of sp³-hybridized carbons (Fsp3) is 0.364. The number of anilines is 1. The van der Waals surface area contributed by atoms with Gasteiger partial charge in [0.2, 0.25) is 0 Å². The van der Waals surface area contributed by atoms with Gasteiger partial charge in [-0.05, 0) is 51.9 Å². The van der Waals surface area contributed by atoms with Crippen LogP contribution in [0.4, 0.5) is 5.00 Å². The van der Waals surface area contributed by atoms with E-state index in [1.807, 2.05) is 39.1 Å². The zero-order chi connectivity index (χ0) is 20.7. The van der Waals surface area contributed by atoms with Crippen molar-refractivity contribution < 1.29 is 18.7 Å². The quantitative estimate of drug-likeness (QED) is 0.638. The van der Waals surface area contributed by atoms with E-state index in [0.29, 0.717) is 22.8 Å². The maximum atomic E-state index is 13.0. The van der Waals surface area contributed by atoms with Gasteiger partial charge in [0.15, 0.2) is 5.76 Å². The lowest BCUT2D eigenvalue weighted by Crippen LogP contribution is -2.26. The highest BCUT2D eigenvalue weighted by atomic mass is 32.1. The third kappa shape index (κ3) is 3.56. The van der Waals surface area contributed by atoms with E-state index >= 15 is 0 Å². The molecule has 1 amide bonds. The molecule has 152 valence electrons. The van der Waals surface area contributed by atoms with Gasteiger partial charge in [-0.15, -0.1) is 11.3 Å². The predicted octanol–water partition coefficient (Wildman–Crippen LogP) is 4.53. The molecule has 0 saturated heterocycles. The highest BCUT2D eigenvalue weighted by Crippen LogP contribution is 2.38. The molecule has 7 heteroatoms. The van der Waals surface area contributed by atoms with Crippen molar-refractivity contribution >= 4 is 39.2 Å². The van der Waals surface area contributed by atoms with E-state index in [1.54, 1.807) is 6.92 Å². The van der Waals surface area contributed by atoms with Crippen molar-refractivity contribution in [3.05, 3.63) is 51.1 Å². The predicted molar refractivity (Wildman–Crippen MR) is 114 cm³/mol. The Hall–Kier alpha value is -2.64. The maximum absolute atomic E-state index is 13.0. The number of rotatable bonds is 4. The Balaban J connectivity index is 1.71. The summed E-state index contributed by atoms with van der Waals surface area (Å²) in [5.74, 6) is -0.473. The van der Waals surface area contributed by atoms with Gasteiger partial charge in [0.25, 0.3) is 5.91 Å². The zero-order valence-electron chi connectivity index (χ0n) is 17.0. The number of nitrogens with one attached hydrogen (secondary N) is 1. The van der Waals surface area contributed by atoms with Crippen LogP contribution in [0.5, 0.6) is 0 Å². The summed E-state index contributed by atoms with van der Waals surface area (Å²) in [6.07, 6.45) is 0.759. The van der Waals surface area contributed by atoms with Gasteiger partial charge in [-0.2, -0.15) is 0 Å². The molecule has 1 N–H and O–H groups in total. The second-order valence-electron chi connectivity index (χ2n) is 7.43. The first kappa shape index (κ1) is 19.7. The fourth-order valence-electron chi connectivity index (χ4n) is 3.75. The number of likely N-dealkylation sites (N-methyl/N-ethyl adjacent to an activating group) is 1. The summed E-state index contributed by atoms with van der Waals surface area (Å²) in [5.41, 5.74) is 4.04. The SMILES string of the molecule is CCOC(=O)c1c(NC(=O)c2oc3ccc(C)cc3c2C)sc2c1CCN(C)C2. The maximum Gasteiger partial charge on any atom is 0.341 e. The van der Waals surface area contributed by atoms with Gasteiger partial charge in [-0.25, -0.2) is 4.79 Å². The number of thiophene rings is 1. The van der Waals surface area contributed by atoms with E-state index in [4.69, 9.17) is 9.15 Å². The van der Waals surface area contributed by atoms with E-state index in [2.05, 4.69) is 10.2 Å². The highest BCUT2D eigenvalue weighted by Gasteiger charge is 2.29. The molecule has 0 bridgehead atoms. The van der Waals surface area contributed by atoms with Crippen LogP contribution < -0.4 is 5.32 Å². The van der Waals surface area contributed by atoms with Gasteiger partial charge in [-0.1, -0.05) is 11.6 Å². The molecular formula is C22H24N2O4S. The van der Waals surface area contributed by atoms with Crippen molar-refractivity contribution in [2.75, 3.05) is 25.5 Å². The summed E-state index contributed by atoms with van der Waals surface area (Å²) in [5, 5.41) is 4.38. The third-order valence-corrected chi connectivity index (χ3v) is 6.38. The fourth-order valence-corrected chi connectivity index (χ4v) is 5.06. The molecule has 1 aromatic carbocycles. The van der Waals surface area contributed by atoms with Crippen LogP contribution in [-0.2, 0) is 17.7 Å². The van der Waals surface area contributed by atoms with E-state index < -0.39 is 0 Å². The van der Waals surface area contributed by atoms with Crippen molar-refractivity contribution in [2.45, 2.75) is 33.7 Å². The summed E-state index contributed by atoms with van der Waals surface area (Å²) < 4.78 is 11.1. The third-order valence-electron chi connectivity index (χ3n) is 5.25. The number of amides is 1. The van der Waals surface area contributed by atoms with Crippen molar-refractivity contribution in [1.29, 1.82) is 0 Å².